The van der Waals surface area contributed by atoms with Crippen LogP contribution in [0.15, 0.2) is 58.5 Å². The summed E-state index contributed by atoms with van der Waals surface area (Å²) in [6.07, 6.45) is 1.46. The molecule has 0 atom stereocenters. The van der Waals surface area contributed by atoms with Gasteiger partial charge in [-0.15, -0.1) is 0 Å². The van der Waals surface area contributed by atoms with E-state index < -0.39 is 0 Å². The summed E-state index contributed by atoms with van der Waals surface area (Å²) in [6.45, 7) is 7.55. The Morgan fingerprint density at radius 2 is 1.32 bits per heavy atom. The average molecular weight is 378 g/mol. The summed E-state index contributed by atoms with van der Waals surface area (Å²) >= 11 is 0. The molecule has 2 rings (SSSR count). The zero-order chi connectivity index (χ0) is 20.5. The Balaban J connectivity index is 2.18. The number of nitrogens with one attached hydrogen (secondary N) is 2. The minimum atomic E-state index is -0.389. The van der Waals surface area contributed by atoms with Crippen LogP contribution in [-0.2, 0) is 0 Å². The molecule has 0 aromatic heterocycles. The van der Waals surface area contributed by atoms with Gasteiger partial charge in [0.15, 0.2) is 0 Å². The summed E-state index contributed by atoms with van der Waals surface area (Å²) in [5.41, 5.74) is 4.68. The molecule has 6 heteroatoms. The molecular formula is C22H26N4O2. The third-order valence-electron chi connectivity index (χ3n) is 4.22. The van der Waals surface area contributed by atoms with E-state index in [1.165, 1.54) is 0 Å². The van der Waals surface area contributed by atoms with E-state index in [1.807, 2.05) is 76.2 Å². The maximum absolute atomic E-state index is 12.1. The monoisotopic (exact) mass is 378 g/mol. The zero-order valence-electron chi connectivity index (χ0n) is 16.7. The number of carbonyl (C=O) groups is 2. The summed E-state index contributed by atoms with van der Waals surface area (Å²) in [7, 11) is 0. The van der Waals surface area contributed by atoms with Crippen molar-refractivity contribution in [3.05, 3.63) is 48.5 Å². The van der Waals surface area contributed by atoms with E-state index in [1.54, 1.807) is 0 Å². The van der Waals surface area contributed by atoms with Crippen molar-refractivity contribution in [1.82, 2.24) is 0 Å². The van der Waals surface area contributed by atoms with Crippen molar-refractivity contribution in [2.24, 2.45) is 9.98 Å². The van der Waals surface area contributed by atoms with Gasteiger partial charge in [0.05, 0.1) is 5.69 Å². The highest BCUT2D eigenvalue weighted by molar-refractivity contribution is 6.02. The van der Waals surface area contributed by atoms with Crippen LogP contribution in [0.3, 0.4) is 0 Å². The van der Waals surface area contributed by atoms with Gasteiger partial charge in [0.2, 0.25) is 0 Å². The lowest BCUT2D eigenvalue weighted by atomic mass is 10.0. The number of nitrogens with zero attached hydrogens (tertiary/aromatic N) is 2. The molecule has 0 spiro atoms. The van der Waals surface area contributed by atoms with Crippen LogP contribution in [0.1, 0.15) is 40.5 Å². The third kappa shape index (κ3) is 6.16. The van der Waals surface area contributed by atoms with E-state index in [0.717, 1.165) is 35.4 Å². The van der Waals surface area contributed by atoms with Crippen LogP contribution >= 0.6 is 0 Å². The summed E-state index contributed by atoms with van der Waals surface area (Å²) in [5.74, 6) is 0. The quantitative estimate of drug-likeness (QED) is 0.611. The van der Waals surface area contributed by atoms with Crippen molar-refractivity contribution < 1.29 is 9.59 Å². The molecule has 0 saturated carbocycles. The molecule has 0 aliphatic heterocycles. The third-order valence-corrected chi connectivity index (χ3v) is 4.22. The predicted octanol–water partition coefficient (Wildman–Crippen LogP) is 6.16. The number of hydrogen-bond acceptors (Lipinski definition) is 2. The smallest absolute Gasteiger partial charge is 0.306 e. The van der Waals surface area contributed by atoms with Gasteiger partial charge in [-0.25, -0.2) is 19.6 Å². The maximum Gasteiger partial charge on any atom is 0.345 e. The molecule has 146 valence electrons. The Morgan fingerprint density at radius 3 is 1.89 bits per heavy atom. The molecule has 0 aliphatic carbocycles. The van der Waals surface area contributed by atoms with E-state index in [-0.39, 0.29) is 12.1 Å². The van der Waals surface area contributed by atoms with Crippen LogP contribution in [-0.4, -0.2) is 23.5 Å². The number of anilines is 2. The predicted molar refractivity (Wildman–Crippen MR) is 117 cm³/mol. The SMILES string of the molecule is CCC(C)=NC(=O)Nc1ccc(-c2ccccc2NC(=O)N=C(C)CC)cc1. The minimum Gasteiger partial charge on any atom is -0.306 e. The Labute approximate surface area is 165 Å². The van der Waals surface area contributed by atoms with Crippen LogP contribution < -0.4 is 10.6 Å². The highest BCUT2D eigenvalue weighted by Crippen LogP contribution is 2.29. The number of para-hydroxylation sites is 1. The van der Waals surface area contributed by atoms with Gasteiger partial charge in [0.1, 0.15) is 0 Å². The first-order valence-corrected chi connectivity index (χ1v) is 9.32. The normalized spacial score (nSPS) is 11.9. The molecule has 0 radical (unpaired) electrons. The van der Waals surface area contributed by atoms with Crippen LogP contribution in [0, 0.1) is 0 Å². The molecule has 0 unspecified atom stereocenters. The molecule has 0 heterocycles. The molecule has 0 fully saturated rings. The molecule has 2 aromatic rings. The van der Waals surface area contributed by atoms with Crippen LogP contribution in [0.2, 0.25) is 0 Å². The van der Waals surface area contributed by atoms with Gasteiger partial charge in [-0.1, -0.05) is 44.2 Å². The second kappa shape index (κ2) is 10.2. The van der Waals surface area contributed by atoms with E-state index in [4.69, 9.17) is 0 Å². The Morgan fingerprint density at radius 1 is 0.786 bits per heavy atom. The van der Waals surface area contributed by atoms with Crippen LogP contribution in [0.4, 0.5) is 21.0 Å². The molecule has 2 N–H and O–H groups in total. The van der Waals surface area contributed by atoms with E-state index in [9.17, 15) is 9.59 Å². The second-order valence-corrected chi connectivity index (χ2v) is 6.38. The molecule has 6 nitrogen and oxygen atoms in total. The zero-order valence-corrected chi connectivity index (χ0v) is 16.7. The lowest BCUT2D eigenvalue weighted by Crippen LogP contribution is -2.09. The highest BCUT2D eigenvalue weighted by Gasteiger charge is 2.08. The molecule has 0 bridgehead atoms. The van der Waals surface area contributed by atoms with Gasteiger partial charge < -0.3 is 10.6 Å². The van der Waals surface area contributed by atoms with Crippen molar-refractivity contribution in [1.29, 1.82) is 0 Å². The maximum atomic E-state index is 12.1. The Kier molecular flexibility index (Phi) is 7.63. The second-order valence-electron chi connectivity index (χ2n) is 6.38. The van der Waals surface area contributed by atoms with Crippen molar-refractivity contribution in [3.8, 4) is 11.1 Å². The molecule has 2 aromatic carbocycles. The molecule has 0 saturated heterocycles. The van der Waals surface area contributed by atoms with Gasteiger partial charge in [0, 0.05) is 22.7 Å². The molecule has 0 aliphatic rings. The first-order chi connectivity index (χ1) is 13.4. The fourth-order valence-electron chi connectivity index (χ4n) is 2.38. The number of carbonyl (C=O) groups excluding carboxylic acids is 2. The molecule has 4 amide bonds. The summed E-state index contributed by atoms with van der Waals surface area (Å²) in [6, 6.07) is 14.1. The number of urea groups is 2. The summed E-state index contributed by atoms with van der Waals surface area (Å²) in [5, 5.41) is 5.58. The van der Waals surface area contributed by atoms with Gasteiger partial charge in [-0.3, -0.25) is 0 Å². The average Bonchev–Trinajstić information content (AvgIpc) is 2.68. The number of rotatable bonds is 5. The molecule has 28 heavy (non-hydrogen) atoms. The first kappa shape index (κ1) is 21.0. The van der Waals surface area contributed by atoms with E-state index in [0.29, 0.717) is 11.4 Å². The number of benzene rings is 2. The topological polar surface area (TPSA) is 82.9 Å². The minimum absolute atomic E-state index is 0.385. The fraction of sp³-hybridized carbons (Fsp3) is 0.273. The largest absolute Gasteiger partial charge is 0.345 e. The van der Waals surface area contributed by atoms with Gasteiger partial charge in [-0.05, 0) is 50.5 Å². The van der Waals surface area contributed by atoms with Crippen molar-refractivity contribution in [2.45, 2.75) is 40.5 Å². The summed E-state index contributed by atoms with van der Waals surface area (Å²) < 4.78 is 0. The van der Waals surface area contributed by atoms with Crippen molar-refractivity contribution in [2.75, 3.05) is 10.6 Å². The van der Waals surface area contributed by atoms with Gasteiger partial charge >= 0.3 is 12.1 Å². The van der Waals surface area contributed by atoms with Gasteiger partial charge in [0.25, 0.3) is 0 Å². The van der Waals surface area contributed by atoms with Crippen LogP contribution in [0.25, 0.3) is 11.1 Å². The number of hydrogen-bond donors (Lipinski definition) is 2. The highest BCUT2D eigenvalue weighted by atomic mass is 16.2. The van der Waals surface area contributed by atoms with E-state index >= 15 is 0 Å². The standard InChI is InChI=1S/C22H26N4O2/c1-5-15(3)23-21(27)25-18-13-11-17(12-14-18)19-9-7-8-10-20(19)26-22(28)24-16(4)6-2/h7-14H,5-6H2,1-4H3,(H,25,27)(H,26,28). The Hall–Kier alpha value is -3.28. The lowest BCUT2D eigenvalue weighted by Gasteiger charge is -2.11. The Bertz CT molecular complexity index is 899. The number of aliphatic imine (C=N–C) groups is 2. The van der Waals surface area contributed by atoms with Crippen LogP contribution in [0.5, 0.6) is 0 Å². The van der Waals surface area contributed by atoms with Gasteiger partial charge in [-0.2, -0.15) is 0 Å². The lowest BCUT2D eigenvalue weighted by molar-refractivity contribution is 0.258. The number of amides is 4. The van der Waals surface area contributed by atoms with E-state index in [2.05, 4.69) is 20.6 Å². The molecular weight excluding hydrogens is 352 g/mol. The first-order valence-electron chi connectivity index (χ1n) is 9.32. The van der Waals surface area contributed by atoms with Crippen molar-refractivity contribution >= 4 is 34.9 Å². The summed E-state index contributed by atoms with van der Waals surface area (Å²) in [4.78, 5) is 31.9. The fourth-order valence-corrected chi connectivity index (χ4v) is 2.38. The van der Waals surface area contributed by atoms with Crippen molar-refractivity contribution in [3.63, 3.8) is 0 Å².